The van der Waals surface area contributed by atoms with Crippen LogP contribution in [-0.4, -0.2) is 33.3 Å². The highest BCUT2D eigenvalue weighted by molar-refractivity contribution is 8.13. The van der Waals surface area contributed by atoms with E-state index in [1.54, 1.807) is 4.90 Å². The lowest BCUT2D eigenvalue weighted by atomic mass is 9.97. The largest absolute Gasteiger partial charge is 0.292 e. The van der Waals surface area contributed by atoms with Crippen molar-refractivity contribution in [1.82, 2.24) is 9.97 Å². The predicted molar refractivity (Wildman–Crippen MR) is 85.1 cm³/mol. The van der Waals surface area contributed by atoms with Gasteiger partial charge in [0, 0.05) is 31.2 Å². The maximum atomic E-state index is 12.2. The van der Waals surface area contributed by atoms with Crippen LogP contribution in [-0.2, 0) is 22.4 Å². The number of hydrogen-bond donors (Lipinski definition) is 1. The van der Waals surface area contributed by atoms with Crippen molar-refractivity contribution >= 4 is 28.7 Å². The molecule has 0 bridgehead atoms. The van der Waals surface area contributed by atoms with Crippen LogP contribution in [0.1, 0.15) is 37.4 Å². The summed E-state index contributed by atoms with van der Waals surface area (Å²) in [6.07, 6.45) is 4.03. The maximum absolute atomic E-state index is 12.2. The molecule has 3 rings (SSSR count). The van der Waals surface area contributed by atoms with Gasteiger partial charge < -0.3 is 0 Å². The average Bonchev–Trinajstić information content (AvgIpc) is 2.86. The number of rotatable bonds is 3. The maximum Gasteiger partial charge on any atom is 0.255 e. The molecular weight excluding hydrogens is 302 g/mol. The molecule has 1 atom stereocenters. The first-order chi connectivity index (χ1) is 10.5. The number of thioether (sulfide) groups is 1. The normalized spacial score (nSPS) is 21.0. The van der Waals surface area contributed by atoms with Gasteiger partial charge in [-0.05, 0) is 31.6 Å². The molecule has 1 aliphatic carbocycles. The topological polar surface area (TPSA) is 83.1 Å². The lowest BCUT2D eigenvalue weighted by Gasteiger charge is -2.19. The van der Waals surface area contributed by atoms with Crippen LogP contribution in [0.25, 0.3) is 0 Å². The van der Waals surface area contributed by atoms with E-state index in [2.05, 4.69) is 9.97 Å². The summed E-state index contributed by atoms with van der Waals surface area (Å²) in [6, 6.07) is 0. The van der Waals surface area contributed by atoms with Gasteiger partial charge in [-0.25, -0.2) is 4.98 Å². The first kappa shape index (κ1) is 15.3. The Morgan fingerprint density at radius 1 is 1.36 bits per heavy atom. The van der Waals surface area contributed by atoms with E-state index in [1.807, 2.05) is 0 Å². The molecule has 2 aliphatic rings. The molecule has 7 heteroatoms. The Balaban J connectivity index is 1.79. The van der Waals surface area contributed by atoms with E-state index in [1.165, 1.54) is 18.7 Å². The van der Waals surface area contributed by atoms with Crippen molar-refractivity contribution in [2.75, 3.05) is 17.2 Å². The number of anilines is 1. The van der Waals surface area contributed by atoms with Gasteiger partial charge >= 0.3 is 0 Å². The smallest absolute Gasteiger partial charge is 0.255 e. The molecule has 1 aromatic rings. The Bertz CT molecular complexity index is 670. The molecule has 1 aliphatic heterocycles. The number of hydrogen-bond acceptors (Lipinski definition) is 5. The zero-order valence-electron chi connectivity index (χ0n) is 12.6. The summed E-state index contributed by atoms with van der Waals surface area (Å²) < 4.78 is 0. The van der Waals surface area contributed by atoms with Gasteiger partial charge in [0.15, 0.2) is 5.12 Å². The molecule has 1 N–H and O–H groups in total. The van der Waals surface area contributed by atoms with E-state index in [0.29, 0.717) is 24.7 Å². The molecule has 1 unspecified atom stereocenters. The van der Waals surface area contributed by atoms with Gasteiger partial charge in [-0.2, -0.15) is 0 Å². The second-order valence-electron chi connectivity index (χ2n) is 5.90. The highest BCUT2D eigenvalue weighted by Crippen LogP contribution is 2.26. The summed E-state index contributed by atoms with van der Waals surface area (Å²) in [7, 11) is 0. The van der Waals surface area contributed by atoms with Gasteiger partial charge in [0.2, 0.25) is 11.9 Å². The molecule has 1 saturated heterocycles. The van der Waals surface area contributed by atoms with E-state index >= 15 is 0 Å². The van der Waals surface area contributed by atoms with Crippen molar-refractivity contribution in [3.8, 4) is 0 Å². The van der Waals surface area contributed by atoms with Crippen molar-refractivity contribution in [1.29, 1.82) is 0 Å². The molecule has 0 radical (unpaired) electrons. The Kier molecular flexibility index (Phi) is 4.33. The van der Waals surface area contributed by atoms with E-state index in [0.717, 1.165) is 36.9 Å². The summed E-state index contributed by atoms with van der Waals surface area (Å²) in [5.74, 6) is 1.09. The van der Waals surface area contributed by atoms with Crippen LogP contribution in [0, 0.1) is 5.92 Å². The molecule has 0 saturated carbocycles. The number of carbonyl (C=O) groups is 2. The number of nitrogens with zero attached hydrogens (tertiary/aromatic N) is 2. The molecule has 1 fully saturated rings. The lowest BCUT2D eigenvalue weighted by Crippen LogP contribution is -2.31. The number of nitrogens with one attached hydrogen (secondary N) is 1. The minimum absolute atomic E-state index is 0.0342. The lowest BCUT2D eigenvalue weighted by molar-refractivity contribution is -0.117. The first-order valence-electron chi connectivity index (χ1n) is 7.60. The zero-order chi connectivity index (χ0) is 15.7. The Labute approximate surface area is 132 Å². The summed E-state index contributed by atoms with van der Waals surface area (Å²) in [5.41, 5.74) is 1.48. The number of aromatic amines is 1. The summed E-state index contributed by atoms with van der Waals surface area (Å²) >= 11 is 1.24. The van der Waals surface area contributed by atoms with Crippen LogP contribution in [0.4, 0.5) is 5.95 Å². The fraction of sp³-hybridized carbons (Fsp3) is 0.600. The molecular formula is C15H19N3O3S. The molecule has 2 heterocycles. The van der Waals surface area contributed by atoms with E-state index in [-0.39, 0.29) is 22.5 Å². The van der Waals surface area contributed by atoms with Gasteiger partial charge in [0.1, 0.15) is 0 Å². The third-order valence-corrected chi connectivity index (χ3v) is 5.21. The highest BCUT2D eigenvalue weighted by atomic mass is 32.2. The molecule has 22 heavy (non-hydrogen) atoms. The summed E-state index contributed by atoms with van der Waals surface area (Å²) in [5, 5.41) is 0.0613. The molecule has 6 nitrogen and oxygen atoms in total. The number of fused-ring (bicyclic) bond motifs is 1. The van der Waals surface area contributed by atoms with Crippen LogP contribution in [0.2, 0.25) is 0 Å². The second kappa shape index (κ2) is 6.24. The van der Waals surface area contributed by atoms with Gasteiger partial charge in [0.05, 0.1) is 5.69 Å². The van der Waals surface area contributed by atoms with Gasteiger partial charge in [-0.3, -0.25) is 24.3 Å². The fourth-order valence-electron chi connectivity index (χ4n) is 3.05. The standard InChI is InChI=1S/C15H19N3O3S/c1-9(19)22-8-10-6-13(20)18(7-10)15-16-12-5-3-2-4-11(12)14(21)17-15/h10H,2-8H2,1H3,(H,16,17,21). The van der Waals surface area contributed by atoms with Crippen LogP contribution in [0.3, 0.4) is 0 Å². The van der Waals surface area contributed by atoms with Gasteiger partial charge in [-0.15, -0.1) is 0 Å². The predicted octanol–water partition coefficient (Wildman–Crippen LogP) is 1.28. The first-order valence-corrected chi connectivity index (χ1v) is 8.59. The van der Waals surface area contributed by atoms with Gasteiger partial charge in [-0.1, -0.05) is 11.8 Å². The summed E-state index contributed by atoms with van der Waals surface area (Å²) in [6.45, 7) is 2.04. The van der Waals surface area contributed by atoms with Crippen molar-refractivity contribution in [3.63, 3.8) is 0 Å². The second-order valence-corrected chi connectivity index (χ2v) is 7.10. The summed E-state index contributed by atoms with van der Waals surface area (Å²) in [4.78, 5) is 44.2. The van der Waals surface area contributed by atoms with E-state index in [4.69, 9.17) is 0 Å². The number of amides is 1. The van der Waals surface area contributed by atoms with Gasteiger partial charge in [0.25, 0.3) is 5.56 Å². The molecule has 0 spiro atoms. The minimum atomic E-state index is -0.117. The molecule has 1 amide bonds. The monoisotopic (exact) mass is 321 g/mol. The molecule has 118 valence electrons. The number of H-pyrrole nitrogens is 1. The quantitative estimate of drug-likeness (QED) is 0.907. The van der Waals surface area contributed by atoms with Crippen molar-refractivity contribution in [3.05, 3.63) is 21.6 Å². The molecule has 1 aromatic heterocycles. The average molecular weight is 321 g/mol. The Hall–Kier alpha value is -1.63. The van der Waals surface area contributed by atoms with E-state index in [9.17, 15) is 14.4 Å². The zero-order valence-corrected chi connectivity index (χ0v) is 13.4. The van der Waals surface area contributed by atoms with Crippen LogP contribution < -0.4 is 10.5 Å². The third-order valence-electron chi connectivity index (χ3n) is 4.16. The van der Waals surface area contributed by atoms with Crippen molar-refractivity contribution in [2.24, 2.45) is 5.92 Å². The van der Waals surface area contributed by atoms with Crippen LogP contribution >= 0.6 is 11.8 Å². The van der Waals surface area contributed by atoms with Crippen LogP contribution in [0.5, 0.6) is 0 Å². The van der Waals surface area contributed by atoms with Crippen LogP contribution in [0.15, 0.2) is 4.79 Å². The van der Waals surface area contributed by atoms with Crippen molar-refractivity contribution < 1.29 is 9.59 Å². The Morgan fingerprint density at radius 2 is 2.14 bits per heavy atom. The number of aryl methyl sites for hydroxylation is 1. The number of aromatic nitrogens is 2. The Morgan fingerprint density at radius 3 is 2.91 bits per heavy atom. The highest BCUT2D eigenvalue weighted by Gasteiger charge is 2.32. The van der Waals surface area contributed by atoms with Crippen molar-refractivity contribution in [2.45, 2.75) is 39.0 Å². The van der Waals surface area contributed by atoms with E-state index < -0.39 is 0 Å². The molecule has 0 aromatic carbocycles. The number of carbonyl (C=O) groups excluding carboxylic acids is 2. The SMILES string of the molecule is CC(=O)SCC1CC(=O)N(c2nc3c(c(=O)[nH]2)CCCC3)C1. The third kappa shape index (κ3) is 3.09. The minimum Gasteiger partial charge on any atom is -0.292 e. The fourth-order valence-corrected chi connectivity index (χ4v) is 3.74.